The van der Waals surface area contributed by atoms with Gasteiger partial charge in [-0.3, -0.25) is 0 Å². The van der Waals surface area contributed by atoms with Crippen molar-refractivity contribution in [3.63, 3.8) is 0 Å². The molecule has 0 aliphatic rings. The van der Waals surface area contributed by atoms with Crippen LogP contribution in [0.15, 0.2) is 168 Å². The summed E-state index contributed by atoms with van der Waals surface area (Å²) in [4.78, 5) is 15.1. The number of rotatable bonds is 4. The van der Waals surface area contributed by atoms with Crippen molar-refractivity contribution in [1.82, 2.24) is 15.0 Å². The number of fused-ring (bicyclic) bond motifs is 9. The monoisotopic (exact) mass is 681 g/mol. The van der Waals surface area contributed by atoms with Crippen LogP contribution in [-0.2, 0) is 0 Å². The largest absolute Gasteiger partial charge is 0.456 e. The van der Waals surface area contributed by atoms with Crippen LogP contribution in [0.25, 0.3) is 109 Å². The molecular formula is C47H27N3OS. The van der Waals surface area contributed by atoms with Gasteiger partial charge < -0.3 is 4.42 Å². The minimum Gasteiger partial charge on any atom is -0.456 e. The van der Waals surface area contributed by atoms with Crippen molar-refractivity contribution in [3.05, 3.63) is 164 Å². The molecule has 0 aliphatic carbocycles. The van der Waals surface area contributed by atoms with E-state index in [1.165, 1.54) is 36.3 Å². The molecule has 5 heteroatoms. The summed E-state index contributed by atoms with van der Waals surface area (Å²) in [5.74, 6) is 1.89. The van der Waals surface area contributed by atoms with Crippen LogP contribution < -0.4 is 0 Å². The summed E-state index contributed by atoms with van der Waals surface area (Å²) >= 11 is 1.86. The standard InChI is InChI=1S/C47H27N3OS/c1-2-11-30(12-3-1)45-48-46(33-18-17-28-9-4-5-13-31(28)25-33)50-47(49-45)34-21-24-40-39(26-34)43-35(15-8-16-41(43)51-40)32-20-22-37-38-23-19-29-10-6-7-14-36(29)44(38)52-42(37)27-32/h1-27H. The van der Waals surface area contributed by atoms with E-state index in [0.29, 0.717) is 17.5 Å². The van der Waals surface area contributed by atoms with Crippen molar-refractivity contribution in [1.29, 1.82) is 0 Å². The maximum Gasteiger partial charge on any atom is 0.164 e. The molecule has 0 saturated heterocycles. The molecule has 0 unspecified atom stereocenters. The van der Waals surface area contributed by atoms with Gasteiger partial charge >= 0.3 is 0 Å². The SMILES string of the molecule is c1ccc(-c2nc(-c3ccc4ccccc4c3)nc(-c3ccc4oc5cccc(-c6ccc7c(c6)sc6c8ccccc8ccc76)c5c4c3)n2)cc1. The summed E-state index contributed by atoms with van der Waals surface area (Å²) in [6.07, 6.45) is 0. The van der Waals surface area contributed by atoms with Gasteiger partial charge in [0.2, 0.25) is 0 Å². The van der Waals surface area contributed by atoms with Gasteiger partial charge in [0.25, 0.3) is 0 Å². The fourth-order valence-corrected chi connectivity index (χ4v) is 8.83. The van der Waals surface area contributed by atoms with Crippen LogP contribution in [0.5, 0.6) is 0 Å². The highest BCUT2D eigenvalue weighted by molar-refractivity contribution is 7.26. The normalized spacial score (nSPS) is 11.8. The van der Waals surface area contributed by atoms with Gasteiger partial charge in [-0.05, 0) is 69.1 Å². The average molecular weight is 682 g/mol. The smallest absolute Gasteiger partial charge is 0.164 e. The molecule has 52 heavy (non-hydrogen) atoms. The van der Waals surface area contributed by atoms with E-state index in [2.05, 4.69) is 121 Å². The minimum absolute atomic E-state index is 0.615. The molecule has 242 valence electrons. The van der Waals surface area contributed by atoms with Crippen molar-refractivity contribution in [2.75, 3.05) is 0 Å². The zero-order valence-corrected chi connectivity index (χ0v) is 28.6. The highest BCUT2D eigenvalue weighted by Gasteiger charge is 2.18. The summed E-state index contributed by atoms with van der Waals surface area (Å²) < 4.78 is 9.07. The summed E-state index contributed by atoms with van der Waals surface area (Å²) in [6, 6.07) is 57.4. The summed E-state index contributed by atoms with van der Waals surface area (Å²) in [5, 5.41) is 9.59. The molecule has 11 rings (SSSR count). The van der Waals surface area contributed by atoms with E-state index in [0.717, 1.165) is 55.1 Å². The van der Waals surface area contributed by atoms with Gasteiger partial charge in [-0.25, -0.2) is 15.0 Å². The first-order valence-corrected chi connectivity index (χ1v) is 18.2. The van der Waals surface area contributed by atoms with Crippen LogP contribution in [0.4, 0.5) is 0 Å². The Morgan fingerprint density at radius 2 is 1.06 bits per heavy atom. The second-order valence-electron chi connectivity index (χ2n) is 13.2. The Bertz CT molecular complexity index is 3200. The molecule has 3 heterocycles. The van der Waals surface area contributed by atoms with E-state index in [-0.39, 0.29) is 0 Å². The average Bonchev–Trinajstić information content (AvgIpc) is 3.79. The first-order valence-electron chi connectivity index (χ1n) is 17.3. The predicted molar refractivity (Wildman–Crippen MR) is 217 cm³/mol. The number of furan rings is 1. The van der Waals surface area contributed by atoms with Crippen LogP contribution in [0.2, 0.25) is 0 Å². The number of thiophene rings is 1. The van der Waals surface area contributed by atoms with E-state index in [1.54, 1.807) is 0 Å². The maximum absolute atomic E-state index is 6.47. The van der Waals surface area contributed by atoms with Crippen LogP contribution in [0.1, 0.15) is 0 Å². The highest BCUT2D eigenvalue weighted by Crippen LogP contribution is 2.43. The van der Waals surface area contributed by atoms with Crippen LogP contribution in [-0.4, -0.2) is 15.0 Å². The molecule has 0 amide bonds. The zero-order chi connectivity index (χ0) is 34.2. The third-order valence-corrected chi connectivity index (χ3v) is 11.3. The molecule has 0 saturated carbocycles. The van der Waals surface area contributed by atoms with Crippen LogP contribution in [0, 0.1) is 0 Å². The molecule has 0 atom stereocenters. The van der Waals surface area contributed by atoms with Gasteiger partial charge in [0.05, 0.1) is 0 Å². The Kier molecular flexibility index (Phi) is 6.39. The van der Waals surface area contributed by atoms with Crippen molar-refractivity contribution in [3.8, 4) is 45.3 Å². The van der Waals surface area contributed by atoms with Gasteiger partial charge in [-0.1, -0.05) is 127 Å². The van der Waals surface area contributed by atoms with Gasteiger partial charge in [0.15, 0.2) is 17.5 Å². The molecular weight excluding hydrogens is 655 g/mol. The first-order chi connectivity index (χ1) is 25.7. The second kappa shape index (κ2) is 11.4. The van der Waals surface area contributed by atoms with E-state index < -0.39 is 0 Å². The van der Waals surface area contributed by atoms with Gasteiger partial charge in [-0.15, -0.1) is 11.3 Å². The molecule has 0 radical (unpaired) electrons. The molecule has 0 spiro atoms. The Balaban J connectivity index is 1.09. The molecule has 0 fully saturated rings. The maximum atomic E-state index is 6.47. The number of hydrogen-bond acceptors (Lipinski definition) is 5. The number of aromatic nitrogens is 3. The van der Waals surface area contributed by atoms with Gasteiger partial charge in [0.1, 0.15) is 11.2 Å². The molecule has 0 bridgehead atoms. The Labute approximate surface area is 302 Å². The summed E-state index contributed by atoms with van der Waals surface area (Å²) in [7, 11) is 0. The lowest BCUT2D eigenvalue weighted by Crippen LogP contribution is -2.00. The van der Waals surface area contributed by atoms with E-state index >= 15 is 0 Å². The van der Waals surface area contributed by atoms with Crippen molar-refractivity contribution < 1.29 is 4.42 Å². The van der Waals surface area contributed by atoms with Gasteiger partial charge in [-0.2, -0.15) is 0 Å². The Morgan fingerprint density at radius 1 is 0.385 bits per heavy atom. The lowest BCUT2D eigenvalue weighted by atomic mass is 9.97. The summed E-state index contributed by atoms with van der Waals surface area (Å²) in [6.45, 7) is 0. The van der Waals surface area contributed by atoms with Crippen LogP contribution >= 0.6 is 11.3 Å². The third kappa shape index (κ3) is 4.64. The topological polar surface area (TPSA) is 51.8 Å². The fraction of sp³-hybridized carbons (Fsp3) is 0. The van der Waals surface area contributed by atoms with Crippen molar-refractivity contribution in [2.24, 2.45) is 0 Å². The van der Waals surface area contributed by atoms with Gasteiger partial charge in [0, 0.05) is 47.6 Å². The Morgan fingerprint density at radius 3 is 1.92 bits per heavy atom. The second-order valence-corrected chi connectivity index (χ2v) is 14.3. The number of hydrogen-bond donors (Lipinski definition) is 0. The molecule has 0 aliphatic heterocycles. The third-order valence-electron chi connectivity index (χ3n) is 10.1. The van der Waals surface area contributed by atoms with Crippen LogP contribution in [0.3, 0.4) is 0 Å². The molecule has 8 aromatic carbocycles. The van der Waals surface area contributed by atoms with E-state index in [1.807, 2.05) is 53.8 Å². The van der Waals surface area contributed by atoms with Crippen molar-refractivity contribution in [2.45, 2.75) is 0 Å². The summed E-state index contributed by atoms with van der Waals surface area (Å²) in [5.41, 5.74) is 6.76. The lowest BCUT2D eigenvalue weighted by molar-refractivity contribution is 0.669. The number of nitrogens with zero attached hydrogens (tertiary/aromatic N) is 3. The van der Waals surface area contributed by atoms with E-state index in [4.69, 9.17) is 19.4 Å². The molecule has 3 aromatic heterocycles. The first kappa shape index (κ1) is 29.1. The molecule has 0 N–H and O–H groups in total. The predicted octanol–water partition coefficient (Wildman–Crippen LogP) is 13.1. The lowest BCUT2D eigenvalue weighted by Gasteiger charge is -2.09. The van der Waals surface area contributed by atoms with Crippen molar-refractivity contribution >= 4 is 75.0 Å². The zero-order valence-electron chi connectivity index (χ0n) is 27.7. The quantitative estimate of drug-likeness (QED) is 0.185. The fourth-order valence-electron chi connectivity index (χ4n) is 7.56. The highest BCUT2D eigenvalue weighted by atomic mass is 32.1. The molecule has 11 aromatic rings. The molecule has 4 nitrogen and oxygen atoms in total. The van der Waals surface area contributed by atoms with E-state index in [9.17, 15) is 0 Å². The minimum atomic E-state index is 0.615. The number of benzene rings is 8. The Hall–Kier alpha value is -6.69.